The van der Waals surface area contributed by atoms with Crippen LogP contribution in [-0.2, 0) is 14.1 Å². The van der Waals surface area contributed by atoms with Crippen molar-refractivity contribution in [2.24, 2.45) is 14.1 Å². The highest BCUT2D eigenvalue weighted by Crippen LogP contribution is 2.34. The molecule has 0 unspecified atom stereocenters. The number of aromatic nitrogens is 4. The van der Waals surface area contributed by atoms with Crippen molar-refractivity contribution in [1.29, 1.82) is 0 Å². The molecule has 6 nitrogen and oxygen atoms in total. The standard InChI is InChI=1S/C16H12Br2N4O2/c1-21-14-13(15(23)22(2)16(21)24)20-10(8-19-14)12(18)11(17)9-6-4-3-5-7-9/h3-8H,1-2H3/b12-11-. The first-order valence-corrected chi connectivity index (χ1v) is 8.54. The molecule has 2 heterocycles. The van der Waals surface area contributed by atoms with E-state index >= 15 is 0 Å². The summed E-state index contributed by atoms with van der Waals surface area (Å²) in [6.07, 6.45) is 1.52. The SMILES string of the molecule is Cn1c(=O)c2nc(/C(Br)=C(/Br)c3ccccc3)cnc2n(C)c1=O. The third kappa shape index (κ3) is 2.76. The minimum Gasteiger partial charge on any atom is -0.279 e. The Morgan fingerprint density at radius 3 is 2.33 bits per heavy atom. The van der Waals surface area contributed by atoms with Gasteiger partial charge in [0.1, 0.15) is 0 Å². The molecule has 0 aliphatic carbocycles. The molecule has 24 heavy (non-hydrogen) atoms. The van der Waals surface area contributed by atoms with E-state index < -0.39 is 11.2 Å². The Labute approximate surface area is 153 Å². The van der Waals surface area contributed by atoms with Gasteiger partial charge in [-0.15, -0.1) is 0 Å². The average molecular weight is 452 g/mol. The normalized spacial score (nSPS) is 12.3. The molecule has 1 aromatic carbocycles. The number of aryl methyl sites for hydroxylation is 1. The summed E-state index contributed by atoms with van der Waals surface area (Å²) in [6, 6.07) is 9.67. The lowest BCUT2D eigenvalue weighted by atomic mass is 10.2. The van der Waals surface area contributed by atoms with Gasteiger partial charge in [-0.3, -0.25) is 13.9 Å². The lowest BCUT2D eigenvalue weighted by Gasteiger charge is -2.08. The van der Waals surface area contributed by atoms with Gasteiger partial charge in [0.25, 0.3) is 5.56 Å². The smallest absolute Gasteiger partial charge is 0.279 e. The van der Waals surface area contributed by atoms with Crippen LogP contribution in [0.25, 0.3) is 20.1 Å². The van der Waals surface area contributed by atoms with Crippen molar-refractivity contribution < 1.29 is 0 Å². The Morgan fingerprint density at radius 2 is 1.67 bits per heavy atom. The number of hydrogen-bond acceptors (Lipinski definition) is 4. The summed E-state index contributed by atoms with van der Waals surface area (Å²) in [7, 11) is 2.98. The minimum absolute atomic E-state index is 0.141. The lowest BCUT2D eigenvalue weighted by molar-refractivity contribution is 0.704. The topological polar surface area (TPSA) is 69.8 Å². The molecule has 0 spiro atoms. The molecule has 0 fully saturated rings. The van der Waals surface area contributed by atoms with Crippen LogP contribution < -0.4 is 11.2 Å². The van der Waals surface area contributed by atoms with Crippen LogP contribution in [0, 0.1) is 0 Å². The van der Waals surface area contributed by atoms with Gasteiger partial charge in [0.15, 0.2) is 11.2 Å². The maximum atomic E-state index is 12.3. The molecule has 0 N–H and O–H groups in total. The van der Waals surface area contributed by atoms with E-state index in [0.717, 1.165) is 14.6 Å². The first kappa shape index (κ1) is 16.8. The minimum atomic E-state index is -0.474. The highest BCUT2D eigenvalue weighted by molar-refractivity contribution is 9.18. The van der Waals surface area contributed by atoms with Crippen LogP contribution in [0.3, 0.4) is 0 Å². The van der Waals surface area contributed by atoms with E-state index in [4.69, 9.17) is 0 Å². The molecule has 0 bridgehead atoms. The first-order valence-electron chi connectivity index (χ1n) is 6.95. The third-order valence-corrected chi connectivity index (χ3v) is 5.79. The zero-order valence-corrected chi connectivity index (χ0v) is 16.0. The molecule has 0 saturated heterocycles. The number of fused-ring (bicyclic) bond motifs is 1. The molecule has 0 aliphatic heterocycles. The summed E-state index contributed by atoms with van der Waals surface area (Å²) in [5, 5.41) is 0. The Balaban J connectivity index is 2.26. The number of benzene rings is 1. The maximum Gasteiger partial charge on any atom is 0.332 e. The summed E-state index contributed by atoms with van der Waals surface area (Å²) in [4.78, 5) is 32.9. The van der Waals surface area contributed by atoms with Gasteiger partial charge in [0.2, 0.25) is 0 Å². The van der Waals surface area contributed by atoms with Gasteiger partial charge in [-0.05, 0) is 37.4 Å². The molecule has 0 radical (unpaired) electrons. The van der Waals surface area contributed by atoms with E-state index in [-0.39, 0.29) is 11.2 Å². The Hall–Kier alpha value is -2.06. The fourth-order valence-electron chi connectivity index (χ4n) is 2.26. The fraction of sp³-hybridized carbons (Fsp3) is 0.125. The van der Waals surface area contributed by atoms with E-state index in [1.54, 1.807) is 7.05 Å². The van der Waals surface area contributed by atoms with Crippen molar-refractivity contribution in [3.8, 4) is 0 Å². The van der Waals surface area contributed by atoms with Crippen molar-refractivity contribution >= 4 is 52.0 Å². The summed E-state index contributed by atoms with van der Waals surface area (Å²) in [6.45, 7) is 0. The van der Waals surface area contributed by atoms with E-state index in [1.807, 2.05) is 30.3 Å². The maximum absolute atomic E-state index is 12.3. The second-order valence-corrected chi connectivity index (χ2v) is 6.71. The van der Waals surface area contributed by atoms with Gasteiger partial charge in [-0.1, -0.05) is 30.3 Å². The molecule has 0 amide bonds. The summed E-state index contributed by atoms with van der Waals surface area (Å²) in [5.74, 6) is 0. The van der Waals surface area contributed by atoms with Crippen LogP contribution in [-0.4, -0.2) is 19.1 Å². The number of rotatable bonds is 2. The summed E-state index contributed by atoms with van der Waals surface area (Å²) in [5.41, 5.74) is 0.937. The van der Waals surface area contributed by atoms with Crippen LogP contribution in [0.2, 0.25) is 0 Å². The van der Waals surface area contributed by atoms with Gasteiger partial charge in [0, 0.05) is 18.6 Å². The second kappa shape index (κ2) is 6.45. The number of halogens is 2. The summed E-state index contributed by atoms with van der Waals surface area (Å²) >= 11 is 7.04. The Morgan fingerprint density at radius 1 is 1.00 bits per heavy atom. The number of nitrogens with zero attached hydrogens (tertiary/aromatic N) is 4. The van der Waals surface area contributed by atoms with Gasteiger partial charge in [0.05, 0.1) is 16.4 Å². The average Bonchev–Trinajstić information content (AvgIpc) is 2.63. The van der Waals surface area contributed by atoms with Gasteiger partial charge in [-0.2, -0.15) is 0 Å². The number of hydrogen-bond donors (Lipinski definition) is 0. The Bertz CT molecular complexity index is 1080. The zero-order chi connectivity index (χ0) is 17.4. The quantitative estimate of drug-likeness (QED) is 0.600. The van der Waals surface area contributed by atoms with E-state index in [9.17, 15) is 9.59 Å². The van der Waals surface area contributed by atoms with E-state index in [1.165, 1.54) is 17.8 Å². The van der Waals surface area contributed by atoms with Crippen LogP contribution in [0.5, 0.6) is 0 Å². The molecule has 2 aromatic heterocycles. The van der Waals surface area contributed by atoms with Gasteiger partial charge >= 0.3 is 5.69 Å². The van der Waals surface area contributed by atoms with Crippen LogP contribution >= 0.6 is 31.9 Å². The first-order chi connectivity index (χ1) is 11.4. The molecular weight excluding hydrogens is 440 g/mol. The third-order valence-electron chi connectivity index (χ3n) is 3.60. The van der Waals surface area contributed by atoms with E-state index in [0.29, 0.717) is 10.2 Å². The van der Waals surface area contributed by atoms with E-state index in [2.05, 4.69) is 41.8 Å². The molecule has 3 rings (SSSR count). The summed E-state index contributed by atoms with van der Waals surface area (Å²) < 4.78 is 3.78. The highest BCUT2D eigenvalue weighted by Gasteiger charge is 2.14. The predicted molar refractivity (Wildman–Crippen MR) is 101 cm³/mol. The molecule has 122 valence electrons. The van der Waals surface area contributed by atoms with Crippen LogP contribution in [0.15, 0.2) is 46.1 Å². The zero-order valence-electron chi connectivity index (χ0n) is 12.8. The van der Waals surface area contributed by atoms with Crippen LogP contribution in [0.4, 0.5) is 0 Å². The largest absolute Gasteiger partial charge is 0.332 e. The lowest BCUT2D eigenvalue weighted by Crippen LogP contribution is -2.37. The van der Waals surface area contributed by atoms with Crippen molar-refractivity contribution in [2.75, 3.05) is 0 Å². The predicted octanol–water partition coefficient (Wildman–Crippen LogP) is 2.64. The Kier molecular flexibility index (Phi) is 4.51. The fourth-order valence-corrected chi connectivity index (χ4v) is 3.15. The van der Waals surface area contributed by atoms with Gasteiger partial charge in [-0.25, -0.2) is 14.8 Å². The molecule has 3 aromatic rings. The van der Waals surface area contributed by atoms with Crippen molar-refractivity contribution in [3.05, 3.63) is 68.6 Å². The molecular formula is C16H12Br2N4O2. The molecule has 0 aliphatic rings. The molecule has 0 saturated carbocycles. The van der Waals surface area contributed by atoms with Crippen molar-refractivity contribution in [1.82, 2.24) is 19.1 Å². The van der Waals surface area contributed by atoms with Crippen molar-refractivity contribution in [2.45, 2.75) is 0 Å². The van der Waals surface area contributed by atoms with Crippen molar-refractivity contribution in [3.63, 3.8) is 0 Å². The highest BCUT2D eigenvalue weighted by atomic mass is 79.9. The molecule has 8 heteroatoms. The van der Waals surface area contributed by atoms with Gasteiger partial charge < -0.3 is 0 Å². The monoisotopic (exact) mass is 450 g/mol. The second-order valence-electron chi connectivity index (χ2n) is 5.13. The van der Waals surface area contributed by atoms with Crippen LogP contribution in [0.1, 0.15) is 11.3 Å². The molecule has 0 atom stereocenters.